The monoisotopic (exact) mass is 192 g/mol. The Morgan fingerprint density at radius 3 is 2.57 bits per heavy atom. The van der Waals surface area contributed by atoms with Crippen LogP contribution in [0, 0.1) is 20.8 Å². The van der Waals surface area contributed by atoms with Gasteiger partial charge in [-0.1, -0.05) is 12.1 Å². The van der Waals surface area contributed by atoms with Crippen LogP contribution in [0.25, 0.3) is 0 Å². The summed E-state index contributed by atoms with van der Waals surface area (Å²) in [4.78, 5) is 0. The van der Waals surface area contributed by atoms with Gasteiger partial charge in [-0.3, -0.25) is 0 Å². The molecule has 1 saturated heterocycles. The van der Waals surface area contributed by atoms with Crippen molar-refractivity contribution in [2.45, 2.75) is 26.9 Å². The number of rotatable bonds is 3. The highest BCUT2D eigenvalue weighted by Gasteiger charge is 2.23. The Labute approximate surface area is 84.8 Å². The van der Waals surface area contributed by atoms with E-state index in [-0.39, 0.29) is 0 Å². The smallest absolute Gasteiger partial charge is 0.125 e. The van der Waals surface area contributed by atoms with Gasteiger partial charge in [-0.2, -0.15) is 0 Å². The number of ether oxygens (including phenoxy) is 2. The van der Waals surface area contributed by atoms with Crippen molar-refractivity contribution in [3.63, 3.8) is 0 Å². The summed E-state index contributed by atoms with van der Waals surface area (Å²) in [6.45, 7) is 7.82. The van der Waals surface area contributed by atoms with Crippen LogP contribution in [0.2, 0.25) is 0 Å². The van der Waals surface area contributed by atoms with Crippen molar-refractivity contribution in [2.75, 3.05) is 13.2 Å². The Kier molecular flexibility index (Phi) is 2.46. The molecule has 1 aliphatic rings. The summed E-state index contributed by atoms with van der Waals surface area (Å²) in [6, 6.07) is 4.23. The van der Waals surface area contributed by atoms with Crippen molar-refractivity contribution in [1.29, 1.82) is 0 Å². The summed E-state index contributed by atoms with van der Waals surface area (Å²) in [5.41, 5.74) is 3.72. The number of epoxide rings is 1. The zero-order valence-electron chi connectivity index (χ0n) is 8.96. The standard InChI is InChI=1S/C12H16O2/c1-8-4-5-9(2)12(10(8)3)14-7-11-6-13-11/h4-5,11H,6-7H2,1-3H3/t11-/m1/s1. The number of aryl methyl sites for hydroxylation is 2. The molecular weight excluding hydrogens is 176 g/mol. The molecule has 0 aliphatic carbocycles. The molecule has 0 unspecified atom stereocenters. The number of hydrogen-bond acceptors (Lipinski definition) is 2. The predicted molar refractivity (Wildman–Crippen MR) is 55.9 cm³/mol. The van der Waals surface area contributed by atoms with Gasteiger partial charge in [0.15, 0.2) is 0 Å². The summed E-state index contributed by atoms with van der Waals surface area (Å²) < 4.78 is 10.9. The quantitative estimate of drug-likeness (QED) is 0.686. The fourth-order valence-corrected chi connectivity index (χ4v) is 1.49. The van der Waals surface area contributed by atoms with Gasteiger partial charge in [-0.05, 0) is 37.5 Å². The lowest BCUT2D eigenvalue weighted by Gasteiger charge is -2.12. The Morgan fingerprint density at radius 2 is 1.93 bits per heavy atom. The average Bonchev–Trinajstić information content (AvgIpc) is 2.95. The second-order valence-corrected chi connectivity index (χ2v) is 3.92. The molecule has 2 nitrogen and oxygen atoms in total. The van der Waals surface area contributed by atoms with Crippen LogP contribution in [-0.2, 0) is 4.74 Å². The van der Waals surface area contributed by atoms with E-state index >= 15 is 0 Å². The highest BCUT2D eigenvalue weighted by Crippen LogP contribution is 2.26. The van der Waals surface area contributed by atoms with E-state index in [1.165, 1.54) is 16.7 Å². The van der Waals surface area contributed by atoms with Crippen LogP contribution in [0.3, 0.4) is 0 Å². The van der Waals surface area contributed by atoms with Crippen LogP contribution in [0.4, 0.5) is 0 Å². The summed E-state index contributed by atoms with van der Waals surface area (Å²) in [7, 11) is 0. The van der Waals surface area contributed by atoms with Crippen LogP contribution < -0.4 is 4.74 Å². The largest absolute Gasteiger partial charge is 0.490 e. The lowest BCUT2D eigenvalue weighted by atomic mass is 10.1. The normalized spacial score (nSPS) is 19.5. The molecule has 0 aromatic heterocycles. The third kappa shape index (κ3) is 1.90. The molecule has 0 spiro atoms. The van der Waals surface area contributed by atoms with Gasteiger partial charge in [0.1, 0.15) is 18.5 Å². The molecule has 1 aromatic rings. The number of benzene rings is 1. The first-order chi connectivity index (χ1) is 6.68. The van der Waals surface area contributed by atoms with Gasteiger partial charge in [0.25, 0.3) is 0 Å². The highest BCUT2D eigenvalue weighted by molar-refractivity contribution is 5.44. The van der Waals surface area contributed by atoms with Gasteiger partial charge in [0.05, 0.1) is 6.61 Å². The van der Waals surface area contributed by atoms with E-state index in [2.05, 4.69) is 32.9 Å². The predicted octanol–water partition coefficient (Wildman–Crippen LogP) is 2.39. The summed E-state index contributed by atoms with van der Waals surface area (Å²) >= 11 is 0. The van der Waals surface area contributed by atoms with Gasteiger partial charge in [0.2, 0.25) is 0 Å². The Bertz CT molecular complexity index is 340. The first-order valence-electron chi connectivity index (χ1n) is 4.99. The second kappa shape index (κ2) is 3.62. The van der Waals surface area contributed by atoms with Gasteiger partial charge < -0.3 is 9.47 Å². The van der Waals surface area contributed by atoms with E-state index in [1.807, 2.05) is 0 Å². The fraction of sp³-hybridized carbons (Fsp3) is 0.500. The van der Waals surface area contributed by atoms with Gasteiger partial charge in [-0.25, -0.2) is 0 Å². The molecule has 0 radical (unpaired) electrons. The SMILES string of the molecule is Cc1ccc(C)c(OC[C@H]2CO2)c1C. The van der Waals surface area contributed by atoms with E-state index in [0.29, 0.717) is 12.7 Å². The van der Waals surface area contributed by atoms with Crippen molar-refractivity contribution in [3.8, 4) is 5.75 Å². The van der Waals surface area contributed by atoms with Crippen LogP contribution >= 0.6 is 0 Å². The van der Waals surface area contributed by atoms with Gasteiger partial charge >= 0.3 is 0 Å². The van der Waals surface area contributed by atoms with Crippen LogP contribution in [0.15, 0.2) is 12.1 Å². The molecule has 0 amide bonds. The van der Waals surface area contributed by atoms with Crippen LogP contribution in [0.1, 0.15) is 16.7 Å². The third-order valence-electron chi connectivity index (χ3n) is 2.69. The molecule has 1 aromatic carbocycles. The molecule has 1 fully saturated rings. The summed E-state index contributed by atoms with van der Waals surface area (Å²) in [6.07, 6.45) is 0.328. The maximum absolute atomic E-state index is 5.75. The lowest BCUT2D eigenvalue weighted by Crippen LogP contribution is -2.06. The molecule has 14 heavy (non-hydrogen) atoms. The molecule has 76 valence electrons. The summed E-state index contributed by atoms with van der Waals surface area (Å²) in [5, 5.41) is 0. The molecule has 2 rings (SSSR count). The molecule has 0 N–H and O–H groups in total. The molecule has 1 atom stereocenters. The van der Waals surface area contributed by atoms with E-state index in [4.69, 9.17) is 9.47 Å². The zero-order valence-corrected chi connectivity index (χ0v) is 8.96. The van der Waals surface area contributed by atoms with Crippen LogP contribution in [-0.4, -0.2) is 19.3 Å². The van der Waals surface area contributed by atoms with Crippen molar-refractivity contribution in [2.24, 2.45) is 0 Å². The number of hydrogen-bond donors (Lipinski definition) is 0. The third-order valence-corrected chi connectivity index (χ3v) is 2.69. The lowest BCUT2D eigenvalue weighted by molar-refractivity contribution is 0.260. The first-order valence-corrected chi connectivity index (χ1v) is 4.99. The second-order valence-electron chi connectivity index (χ2n) is 3.92. The minimum Gasteiger partial charge on any atom is -0.490 e. The van der Waals surface area contributed by atoms with Crippen LogP contribution in [0.5, 0.6) is 5.75 Å². The minimum atomic E-state index is 0.328. The Morgan fingerprint density at radius 1 is 1.29 bits per heavy atom. The van der Waals surface area contributed by atoms with E-state index in [9.17, 15) is 0 Å². The molecular formula is C12H16O2. The Balaban J connectivity index is 2.16. The van der Waals surface area contributed by atoms with Crippen molar-refractivity contribution >= 4 is 0 Å². The molecule has 2 heteroatoms. The fourth-order valence-electron chi connectivity index (χ4n) is 1.49. The highest BCUT2D eigenvalue weighted by atomic mass is 16.6. The van der Waals surface area contributed by atoms with E-state index in [1.54, 1.807) is 0 Å². The first kappa shape index (κ1) is 9.53. The van der Waals surface area contributed by atoms with E-state index in [0.717, 1.165) is 12.4 Å². The Hall–Kier alpha value is -1.02. The zero-order chi connectivity index (χ0) is 10.1. The van der Waals surface area contributed by atoms with Crippen molar-refractivity contribution in [1.82, 2.24) is 0 Å². The average molecular weight is 192 g/mol. The molecule has 1 aliphatic heterocycles. The van der Waals surface area contributed by atoms with Crippen molar-refractivity contribution < 1.29 is 9.47 Å². The molecule has 0 bridgehead atoms. The van der Waals surface area contributed by atoms with Crippen molar-refractivity contribution in [3.05, 3.63) is 28.8 Å². The molecule has 0 saturated carbocycles. The van der Waals surface area contributed by atoms with E-state index < -0.39 is 0 Å². The summed E-state index contributed by atoms with van der Waals surface area (Å²) in [5.74, 6) is 1.03. The maximum Gasteiger partial charge on any atom is 0.125 e. The topological polar surface area (TPSA) is 21.8 Å². The minimum absolute atomic E-state index is 0.328. The van der Waals surface area contributed by atoms with Gasteiger partial charge in [-0.15, -0.1) is 0 Å². The maximum atomic E-state index is 5.75. The molecule has 1 heterocycles. The van der Waals surface area contributed by atoms with Gasteiger partial charge in [0, 0.05) is 0 Å².